The Morgan fingerprint density at radius 1 is 1.29 bits per heavy atom. The molecule has 0 radical (unpaired) electrons. The number of rotatable bonds is 5. The molecule has 0 aromatic heterocycles. The van der Waals surface area contributed by atoms with Crippen LogP contribution in [0.25, 0.3) is 0 Å². The molecule has 1 N–H and O–H groups in total. The summed E-state index contributed by atoms with van der Waals surface area (Å²) >= 11 is 1.77. The number of hydrogen-bond donors (Lipinski definition) is 1. The number of aliphatic hydroxyl groups excluding tert-OH is 1. The van der Waals surface area contributed by atoms with Gasteiger partial charge in [0.25, 0.3) is 0 Å². The summed E-state index contributed by atoms with van der Waals surface area (Å²) in [6.45, 7) is 2.19. The zero-order chi connectivity index (χ0) is 15.1. The molecule has 116 valence electrons. The van der Waals surface area contributed by atoms with Crippen LogP contribution in [0, 0.1) is 5.92 Å². The van der Waals surface area contributed by atoms with E-state index in [1.54, 1.807) is 11.8 Å². The third-order valence-corrected chi connectivity index (χ3v) is 5.38. The summed E-state index contributed by atoms with van der Waals surface area (Å²) < 4.78 is 5.18. The molecule has 0 heterocycles. The number of carbonyl (C=O) groups excluding carboxylic acids is 1. The maximum absolute atomic E-state index is 12.2. The van der Waals surface area contributed by atoms with E-state index in [4.69, 9.17) is 4.74 Å². The van der Waals surface area contributed by atoms with Crippen LogP contribution in [0.2, 0.25) is 0 Å². The first kappa shape index (κ1) is 16.4. The highest BCUT2D eigenvalue weighted by Crippen LogP contribution is 2.35. The fourth-order valence-corrected chi connectivity index (χ4v) is 4.25. The lowest BCUT2D eigenvalue weighted by atomic mass is 9.97. The Morgan fingerprint density at radius 3 is 2.71 bits per heavy atom. The van der Waals surface area contributed by atoms with Gasteiger partial charge >= 0.3 is 5.97 Å². The van der Waals surface area contributed by atoms with E-state index in [0.717, 1.165) is 25.0 Å². The smallest absolute Gasteiger partial charge is 0.312 e. The van der Waals surface area contributed by atoms with E-state index in [9.17, 15) is 9.90 Å². The topological polar surface area (TPSA) is 46.5 Å². The van der Waals surface area contributed by atoms with E-state index < -0.39 is 6.10 Å². The molecule has 2 rings (SSSR count). The molecule has 1 saturated carbocycles. The number of thioether (sulfide) groups is 1. The lowest BCUT2D eigenvalue weighted by Gasteiger charge is -2.26. The molecule has 0 spiro atoms. The SMILES string of the molecule is CCOC(=O)[C@@H]1[C@H](O)CCCC[C@H]1SCc1ccccc1. The van der Waals surface area contributed by atoms with Crippen molar-refractivity contribution in [1.29, 1.82) is 0 Å². The Morgan fingerprint density at radius 2 is 2.00 bits per heavy atom. The number of aliphatic hydroxyl groups is 1. The van der Waals surface area contributed by atoms with E-state index in [1.165, 1.54) is 5.56 Å². The van der Waals surface area contributed by atoms with Gasteiger partial charge in [0.1, 0.15) is 0 Å². The average molecular weight is 308 g/mol. The van der Waals surface area contributed by atoms with Gasteiger partial charge in [0.2, 0.25) is 0 Å². The molecule has 21 heavy (non-hydrogen) atoms. The van der Waals surface area contributed by atoms with Gasteiger partial charge in [-0.1, -0.05) is 43.2 Å². The first-order valence-corrected chi connectivity index (χ1v) is 8.77. The van der Waals surface area contributed by atoms with Gasteiger partial charge in [0.15, 0.2) is 0 Å². The van der Waals surface area contributed by atoms with Crippen molar-refractivity contribution in [2.75, 3.05) is 6.61 Å². The first-order chi connectivity index (χ1) is 10.2. The molecule has 0 unspecified atom stereocenters. The highest BCUT2D eigenvalue weighted by Gasteiger charge is 2.37. The molecule has 3 atom stereocenters. The Balaban J connectivity index is 2.03. The normalized spacial score (nSPS) is 26.1. The lowest BCUT2D eigenvalue weighted by Crippen LogP contribution is -2.36. The zero-order valence-electron chi connectivity index (χ0n) is 12.5. The summed E-state index contributed by atoms with van der Waals surface area (Å²) in [6.07, 6.45) is 3.16. The van der Waals surface area contributed by atoms with Crippen LogP contribution in [0.4, 0.5) is 0 Å². The molecular formula is C17H24O3S. The van der Waals surface area contributed by atoms with Gasteiger partial charge in [-0.3, -0.25) is 4.79 Å². The zero-order valence-corrected chi connectivity index (χ0v) is 13.3. The predicted molar refractivity (Wildman–Crippen MR) is 86.1 cm³/mol. The van der Waals surface area contributed by atoms with E-state index in [2.05, 4.69) is 12.1 Å². The Labute approximate surface area is 131 Å². The van der Waals surface area contributed by atoms with Crippen LogP contribution < -0.4 is 0 Å². The van der Waals surface area contributed by atoms with Crippen LogP contribution in [0.3, 0.4) is 0 Å². The summed E-state index contributed by atoms with van der Waals surface area (Å²) in [7, 11) is 0. The van der Waals surface area contributed by atoms with Gasteiger partial charge in [0, 0.05) is 11.0 Å². The van der Waals surface area contributed by atoms with Crippen molar-refractivity contribution >= 4 is 17.7 Å². The fourth-order valence-electron chi connectivity index (χ4n) is 2.82. The minimum atomic E-state index is -0.570. The maximum atomic E-state index is 12.2. The standard InChI is InChI=1S/C17H24O3S/c1-2-20-17(19)16-14(18)10-6-7-11-15(16)21-12-13-8-4-3-5-9-13/h3-5,8-9,14-16,18H,2,6-7,10-12H2,1H3/t14-,15-,16-/m1/s1. The van der Waals surface area contributed by atoms with E-state index >= 15 is 0 Å². The predicted octanol–water partition coefficient (Wildman–Crippen LogP) is 3.40. The third kappa shape index (κ3) is 4.75. The monoisotopic (exact) mass is 308 g/mol. The first-order valence-electron chi connectivity index (χ1n) is 7.72. The highest BCUT2D eigenvalue weighted by molar-refractivity contribution is 7.99. The Kier molecular flexibility index (Phi) is 6.58. The number of hydrogen-bond acceptors (Lipinski definition) is 4. The molecule has 4 heteroatoms. The highest BCUT2D eigenvalue weighted by atomic mass is 32.2. The lowest BCUT2D eigenvalue weighted by molar-refractivity contribution is -0.151. The minimum absolute atomic E-state index is 0.141. The minimum Gasteiger partial charge on any atom is -0.466 e. The number of carbonyl (C=O) groups is 1. The van der Waals surface area contributed by atoms with Crippen molar-refractivity contribution in [2.45, 2.75) is 49.7 Å². The largest absolute Gasteiger partial charge is 0.466 e. The molecule has 0 amide bonds. The van der Waals surface area contributed by atoms with E-state index in [1.807, 2.05) is 25.1 Å². The molecule has 0 bridgehead atoms. The Bertz CT molecular complexity index is 435. The van der Waals surface area contributed by atoms with Crippen LogP contribution in [-0.4, -0.2) is 29.0 Å². The fraction of sp³-hybridized carbons (Fsp3) is 0.588. The van der Waals surface area contributed by atoms with Gasteiger partial charge in [-0.2, -0.15) is 11.8 Å². The maximum Gasteiger partial charge on any atom is 0.312 e. The van der Waals surface area contributed by atoms with Gasteiger partial charge < -0.3 is 9.84 Å². The van der Waals surface area contributed by atoms with Crippen LogP contribution in [0.15, 0.2) is 30.3 Å². The van der Waals surface area contributed by atoms with Gasteiger partial charge in [0.05, 0.1) is 18.6 Å². The summed E-state index contributed by atoms with van der Waals surface area (Å²) in [5.41, 5.74) is 1.25. The van der Waals surface area contributed by atoms with Crippen molar-refractivity contribution in [3.63, 3.8) is 0 Å². The molecule has 1 aromatic carbocycles. The van der Waals surface area contributed by atoms with E-state index in [0.29, 0.717) is 13.0 Å². The molecule has 1 aliphatic carbocycles. The van der Waals surface area contributed by atoms with Crippen molar-refractivity contribution in [2.24, 2.45) is 5.92 Å². The summed E-state index contributed by atoms with van der Waals surface area (Å²) in [4.78, 5) is 12.2. The van der Waals surface area contributed by atoms with Crippen LogP contribution >= 0.6 is 11.8 Å². The van der Waals surface area contributed by atoms with Gasteiger partial charge in [-0.15, -0.1) is 0 Å². The summed E-state index contributed by atoms with van der Waals surface area (Å²) in [5.74, 6) is 0.243. The van der Waals surface area contributed by atoms with Crippen LogP contribution in [-0.2, 0) is 15.3 Å². The van der Waals surface area contributed by atoms with Crippen molar-refractivity contribution in [3.05, 3.63) is 35.9 Å². The molecule has 1 fully saturated rings. The second-order valence-corrected chi connectivity index (χ2v) is 6.69. The van der Waals surface area contributed by atoms with Gasteiger partial charge in [-0.25, -0.2) is 0 Å². The quantitative estimate of drug-likeness (QED) is 0.669. The Hall–Kier alpha value is -1.00. The third-order valence-electron chi connectivity index (χ3n) is 3.92. The summed E-state index contributed by atoms with van der Waals surface area (Å²) in [6, 6.07) is 10.3. The molecule has 0 aliphatic heterocycles. The van der Waals surface area contributed by atoms with Crippen LogP contribution in [0.5, 0.6) is 0 Å². The molecule has 1 aliphatic rings. The average Bonchev–Trinajstić information content (AvgIpc) is 2.68. The molecule has 0 saturated heterocycles. The van der Waals surface area contributed by atoms with Crippen molar-refractivity contribution in [1.82, 2.24) is 0 Å². The molecular weight excluding hydrogens is 284 g/mol. The van der Waals surface area contributed by atoms with Gasteiger partial charge in [-0.05, 0) is 25.3 Å². The number of esters is 1. The van der Waals surface area contributed by atoms with Crippen molar-refractivity contribution < 1.29 is 14.6 Å². The number of ether oxygens (including phenoxy) is 1. The van der Waals surface area contributed by atoms with E-state index in [-0.39, 0.29) is 17.1 Å². The molecule has 1 aromatic rings. The van der Waals surface area contributed by atoms with Crippen LogP contribution in [0.1, 0.15) is 38.2 Å². The second kappa shape index (κ2) is 8.44. The molecule has 3 nitrogen and oxygen atoms in total. The number of benzene rings is 1. The summed E-state index contributed by atoms with van der Waals surface area (Å²) in [5, 5.41) is 10.4. The van der Waals surface area contributed by atoms with Crippen molar-refractivity contribution in [3.8, 4) is 0 Å². The second-order valence-electron chi connectivity index (χ2n) is 5.46.